The molecule has 3 aromatic heterocycles. The Bertz CT molecular complexity index is 3740. The van der Waals surface area contributed by atoms with Crippen molar-refractivity contribution in [2.24, 2.45) is 0 Å². The standard InChI is InChI=1S/C55H33N5S/c1-3-16-35(17-4-1)39-31-32-42(41-22-10-9-21-40(39)41)53-56-52(37-30-29-34-15-7-8-18-36(34)33-37)57-54(58-53)44-24-13-26-46-49(44)50-43-23-14-28-48-51(43)60(45-25-11-12-27-47(45)61-48)55(50)59(46)38-19-5-2-6-20-38/h1-33H. The third kappa shape index (κ3) is 5.19. The number of hydrogen-bond donors (Lipinski definition) is 0. The van der Waals surface area contributed by atoms with Crippen LogP contribution in [0.25, 0.3) is 111 Å². The third-order valence-corrected chi connectivity index (χ3v) is 13.3. The molecule has 0 radical (unpaired) electrons. The van der Waals surface area contributed by atoms with Crippen LogP contribution in [-0.4, -0.2) is 24.1 Å². The van der Waals surface area contributed by atoms with Gasteiger partial charge in [0, 0.05) is 48.3 Å². The lowest BCUT2D eigenvalue weighted by Gasteiger charge is -2.21. The van der Waals surface area contributed by atoms with Crippen molar-refractivity contribution in [1.29, 1.82) is 0 Å². The highest BCUT2D eigenvalue weighted by atomic mass is 32.2. The molecule has 9 aromatic carbocycles. The highest BCUT2D eigenvalue weighted by molar-refractivity contribution is 7.99. The van der Waals surface area contributed by atoms with Crippen LogP contribution in [0.15, 0.2) is 210 Å². The molecule has 6 heteroatoms. The Morgan fingerprint density at radius 2 is 1.02 bits per heavy atom. The molecule has 12 aromatic rings. The Hall–Kier alpha value is -7.80. The Balaban J connectivity index is 1.14. The number of hydrogen-bond acceptors (Lipinski definition) is 4. The summed E-state index contributed by atoms with van der Waals surface area (Å²) in [5, 5.41) is 8.03. The van der Waals surface area contributed by atoms with Gasteiger partial charge in [0.2, 0.25) is 0 Å². The molecule has 61 heavy (non-hydrogen) atoms. The van der Waals surface area contributed by atoms with E-state index in [1.807, 2.05) is 11.8 Å². The predicted octanol–water partition coefficient (Wildman–Crippen LogP) is 14.4. The molecule has 0 saturated heterocycles. The minimum Gasteiger partial charge on any atom is -0.295 e. The lowest BCUT2D eigenvalue weighted by molar-refractivity contribution is 1.03. The monoisotopic (exact) mass is 795 g/mol. The van der Waals surface area contributed by atoms with E-state index in [2.05, 4.69) is 209 Å². The van der Waals surface area contributed by atoms with Gasteiger partial charge in [-0.05, 0) is 81.2 Å². The van der Waals surface area contributed by atoms with Crippen molar-refractivity contribution in [3.63, 3.8) is 0 Å². The van der Waals surface area contributed by atoms with Crippen molar-refractivity contribution in [2.75, 3.05) is 0 Å². The summed E-state index contributed by atoms with van der Waals surface area (Å²) in [7, 11) is 0. The Labute approximate surface area is 355 Å². The predicted molar refractivity (Wildman–Crippen MR) is 252 cm³/mol. The largest absolute Gasteiger partial charge is 0.295 e. The Morgan fingerprint density at radius 3 is 1.87 bits per heavy atom. The Morgan fingerprint density at radius 1 is 0.377 bits per heavy atom. The maximum absolute atomic E-state index is 5.48. The van der Waals surface area contributed by atoms with Crippen molar-refractivity contribution in [1.82, 2.24) is 24.1 Å². The second-order valence-electron chi connectivity index (χ2n) is 15.6. The number of fused-ring (bicyclic) bond motifs is 9. The highest BCUT2D eigenvalue weighted by Gasteiger charge is 2.29. The Kier molecular flexibility index (Phi) is 7.47. The zero-order chi connectivity index (χ0) is 40.0. The minimum absolute atomic E-state index is 0.629. The molecule has 1 aliphatic heterocycles. The summed E-state index contributed by atoms with van der Waals surface area (Å²) in [6, 6.07) is 71.2. The van der Waals surface area contributed by atoms with Crippen molar-refractivity contribution in [2.45, 2.75) is 9.79 Å². The van der Waals surface area contributed by atoms with E-state index >= 15 is 0 Å². The number of rotatable bonds is 5. The summed E-state index contributed by atoms with van der Waals surface area (Å²) in [6.45, 7) is 0. The summed E-state index contributed by atoms with van der Waals surface area (Å²) in [5.74, 6) is 1.89. The number of para-hydroxylation sites is 3. The first-order valence-electron chi connectivity index (χ1n) is 20.5. The maximum Gasteiger partial charge on any atom is 0.164 e. The average Bonchev–Trinajstić information content (AvgIpc) is 3.85. The van der Waals surface area contributed by atoms with Crippen molar-refractivity contribution >= 4 is 66.1 Å². The van der Waals surface area contributed by atoms with Gasteiger partial charge in [0.05, 0.1) is 16.7 Å². The average molecular weight is 796 g/mol. The lowest BCUT2D eigenvalue weighted by atomic mass is 9.94. The molecule has 0 atom stereocenters. The van der Waals surface area contributed by atoms with E-state index in [1.54, 1.807) is 0 Å². The smallest absolute Gasteiger partial charge is 0.164 e. The molecule has 0 bridgehead atoms. The molecular weight excluding hydrogens is 763 g/mol. The van der Waals surface area contributed by atoms with Crippen LogP contribution in [0.1, 0.15) is 0 Å². The molecule has 1 aliphatic rings. The van der Waals surface area contributed by atoms with Gasteiger partial charge in [-0.2, -0.15) is 0 Å². The number of nitrogens with zero attached hydrogens (tertiary/aromatic N) is 5. The molecule has 0 saturated carbocycles. The molecule has 0 unspecified atom stereocenters. The number of benzene rings is 9. The summed E-state index contributed by atoms with van der Waals surface area (Å²) in [4.78, 5) is 18.7. The van der Waals surface area contributed by atoms with Gasteiger partial charge in [-0.25, -0.2) is 15.0 Å². The quantitative estimate of drug-likeness (QED) is 0.174. The molecule has 5 nitrogen and oxygen atoms in total. The molecule has 0 aliphatic carbocycles. The summed E-state index contributed by atoms with van der Waals surface area (Å²) >= 11 is 1.84. The van der Waals surface area contributed by atoms with E-state index in [0.29, 0.717) is 17.5 Å². The molecule has 13 rings (SSSR count). The fourth-order valence-electron chi connectivity index (χ4n) is 9.48. The summed E-state index contributed by atoms with van der Waals surface area (Å²) < 4.78 is 4.90. The third-order valence-electron chi connectivity index (χ3n) is 12.1. The fourth-order valence-corrected chi connectivity index (χ4v) is 10.6. The first kappa shape index (κ1) is 34.1. The van der Waals surface area contributed by atoms with Gasteiger partial charge in [-0.3, -0.25) is 9.13 Å². The topological polar surface area (TPSA) is 48.5 Å². The molecule has 0 spiro atoms. The summed E-state index contributed by atoms with van der Waals surface area (Å²) in [5.41, 5.74) is 10.9. The summed E-state index contributed by atoms with van der Waals surface area (Å²) in [6.07, 6.45) is 0. The van der Waals surface area contributed by atoms with Gasteiger partial charge >= 0.3 is 0 Å². The van der Waals surface area contributed by atoms with Gasteiger partial charge < -0.3 is 0 Å². The van der Waals surface area contributed by atoms with Crippen LogP contribution in [0, 0.1) is 0 Å². The second-order valence-corrected chi connectivity index (χ2v) is 16.7. The van der Waals surface area contributed by atoms with E-state index < -0.39 is 0 Å². The first-order valence-corrected chi connectivity index (χ1v) is 21.3. The van der Waals surface area contributed by atoms with Gasteiger partial charge in [0.15, 0.2) is 17.5 Å². The van der Waals surface area contributed by atoms with Crippen LogP contribution in [0.2, 0.25) is 0 Å². The van der Waals surface area contributed by atoms with Crippen molar-refractivity contribution in [3.8, 4) is 56.7 Å². The fraction of sp³-hybridized carbons (Fsp3) is 0. The van der Waals surface area contributed by atoms with Gasteiger partial charge in [-0.1, -0.05) is 163 Å². The first-order chi connectivity index (χ1) is 30.3. The molecule has 0 N–H and O–H groups in total. The van der Waals surface area contributed by atoms with Crippen LogP contribution in [0.5, 0.6) is 0 Å². The van der Waals surface area contributed by atoms with Crippen molar-refractivity contribution in [3.05, 3.63) is 200 Å². The molecular formula is C55H33N5S. The van der Waals surface area contributed by atoms with E-state index in [1.165, 1.54) is 48.3 Å². The highest BCUT2D eigenvalue weighted by Crippen LogP contribution is 2.51. The zero-order valence-electron chi connectivity index (χ0n) is 32.7. The minimum atomic E-state index is 0.629. The molecule has 0 amide bonds. The van der Waals surface area contributed by atoms with E-state index in [-0.39, 0.29) is 0 Å². The van der Waals surface area contributed by atoms with E-state index in [4.69, 9.17) is 15.0 Å². The van der Waals surface area contributed by atoms with Crippen LogP contribution in [-0.2, 0) is 0 Å². The zero-order valence-corrected chi connectivity index (χ0v) is 33.5. The molecule has 0 fully saturated rings. The van der Waals surface area contributed by atoms with E-state index in [0.717, 1.165) is 55.1 Å². The molecule has 4 heterocycles. The lowest BCUT2D eigenvalue weighted by Crippen LogP contribution is -2.05. The normalized spacial score (nSPS) is 12.2. The van der Waals surface area contributed by atoms with Gasteiger partial charge in [0.25, 0.3) is 0 Å². The SMILES string of the molecule is c1ccc(-c2ccc(-c3nc(-c4ccc5ccccc5c4)nc(-c4cccc5c4c4c6cccc7c6n(c4n5-c4ccccc4)-c4ccccc4S7)n3)c3ccccc23)cc1. The van der Waals surface area contributed by atoms with Crippen LogP contribution in [0.4, 0.5) is 0 Å². The van der Waals surface area contributed by atoms with Crippen LogP contribution in [0.3, 0.4) is 0 Å². The maximum atomic E-state index is 5.48. The van der Waals surface area contributed by atoms with Crippen molar-refractivity contribution < 1.29 is 0 Å². The van der Waals surface area contributed by atoms with E-state index in [9.17, 15) is 0 Å². The number of aromatic nitrogens is 5. The second kappa shape index (κ2) is 13.4. The van der Waals surface area contributed by atoms with Gasteiger partial charge in [-0.15, -0.1) is 0 Å². The van der Waals surface area contributed by atoms with Gasteiger partial charge in [0.1, 0.15) is 5.65 Å². The van der Waals surface area contributed by atoms with Crippen LogP contribution < -0.4 is 0 Å². The van der Waals surface area contributed by atoms with Crippen LogP contribution >= 0.6 is 11.8 Å². The molecule has 284 valence electrons.